The number of benzene rings is 1. The van der Waals surface area contributed by atoms with Crippen LogP contribution in [0.15, 0.2) is 36.5 Å². The molecular weight excluding hydrogens is 414 g/mol. The second-order valence-corrected chi connectivity index (χ2v) is 10.3. The number of rotatable bonds is 7. The van der Waals surface area contributed by atoms with Gasteiger partial charge in [-0.15, -0.1) is 22.7 Å². The van der Waals surface area contributed by atoms with E-state index in [1.54, 1.807) is 22.7 Å². The van der Waals surface area contributed by atoms with Crippen LogP contribution in [0.5, 0.6) is 5.75 Å². The molecule has 1 saturated heterocycles. The van der Waals surface area contributed by atoms with Gasteiger partial charge < -0.3 is 9.84 Å². The van der Waals surface area contributed by atoms with Gasteiger partial charge in [0.25, 0.3) is 0 Å². The highest BCUT2D eigenvalue weighted by atomic mass is 32.1. The molecule has 0 amide bonds. The van der Waals surface area contributed by atoms with Crippen molar-refractivity contribution in [1.82, 2.24) is 14.9 Å². The van der Waals surface area contributed by atoms with Crippen LogP contribution in [0.1, 0.15) is 44.7 Å². The molecule has 1 unspecified atom stereocenters. The van der Waals surface area contributed by atoms with Gasteiger partial charge in [0.15, 0.2) is 0 Å². The summed E-state index contributed by atoms with van der Waals surface area (Å²) < 4.78 is 5.84. The highest BCUT2D eigenvalue weighted by Crippen LogP contribution is 2.37. The molecular formula is C23H29N3O2S2. The van der Waals surface area contributed by atoms with Gasteiger partial charge in [-0.25, -0.2) is 9.97 Å². The Bertz CT molecular complexity index is 957. The summed E-state index contributed by atoms with van der Waals surface area (Å²) in [5.74, 6) is 0.888. The third-order valence-corrected chi connectivity index (χ3v) is 7.89. The highest BCUT2D eigenvalue weighted by molar-refractivity contribution is 7.12. The number of nitrogens with zero attached hydrogens (tertiary/aromatic N) is 3. The first kappa shape index (κ1) is 21.4. The van der Waals surface area contributed by atoms with Crippen molar-refractivity contribution >= 4 is 22.7 Å². The molecule has 4 rings (SSSR count). The Balaban J connectivity index is 1.36. The van der Waals surface area contributed by atoms with Gasteiger partial charge in [-0.3, -0.25) is 4.90 Å². The van der Waals surface area contributed by atoms with Gasteiger partial charge in [0.2, 0.25) is 0 Å². The highest BCUT2D eigenvalue weighted by Gasteiger charge is 2.35. The number of aromatic nitrogens is 2. The van der Waals surface area contributed by atoms with Crippen molar-refractivity contribution < 1.29 is 9.84 Å². The minimum Gasteiger partial charge on any atom is -0.493 e. The Morgan fingerprint density at radius 3 is 2.73 bits per heavy atom. The average molecular weight is 444 g/mol. The van der Waals surface area contributed by atoms with Crippen LogP contribution in [-0.4, -0.2) is 39.7 Å². The lowest BCUT2D eigenvalue weighted by Crippen LogP contribution is -2.28. The van der Waals surface area contributed by atoms with Crippen LogP contribution in [0.2, 0.25) is 0 Å². The molecule has 30 heavy (non-hydrogen) atoms. The van der Waals surface area contributed by atoms with Crippen molar-refractivity contribution in [3.05, 3.63) is 62.0 Å². The minimum atomic E-state index is -0.827. The fourth-order valence-corrected chi connectivity index (χ4v) is 5.91. The van der Waals surface area contributed by atoms with E-state index in [0.717, 1.165) is 66.8 Å². The number of aliphatic hydroxyl groups is 1. The number of para-hydroxylation sites is 1. The zero-order chi connectivity index (χ0) is 21.0. The lowest BCUT2D eigenvalue weighted by Gasteiger charge is -2.24. The van der Waals surface area contributed by atoms with Crippen molar-refractivity contribution in [2.45, 2.75) is 51.7 Å². The van der Waals surface area contributed by atoms with Gasteiger partial charge in [-0.1, -0.05) is 18.2 Å². The Hall–Kier alpha value is -1.80. The number of likely N-dealkylation sites (tertiary alicyclic amines) is 1. The smallest absolute Gasteiger partial charge is 0.125 e. The Morgan fingerprint density at radius 1 is 1.13 bits per heavy atom. The Labute approximate surface area is 186 Å². The Morgan fingerprint density at radius 2 is 1.97 bits per heavy atom. The van der Waals surface area contributed by atoms with Crippen LogP contribution in [0.4, 0.5) is 0 Å². The molecule has 3 heterocycles. The second-order valence-electron chi connectivity index (χ2n) is 7.95. The molecule has 160 valence electrons. The van der Waals surface area contributed by atoms with E-state index < -0.39 is 5.60 Å². The van der Waals surface area contributed by atoms with E-state index in [1.807, 2.05) is 50.4 Å². The quantitative estimate of drug-likeness (QED) is 0.573. The molecule has 0 aliphatic carbocycles. The molecule has 1 aliphatic heterocycles. The van der Waals surface area contributed by atoms with Crippen molar-refractivity contribution in [2.24, 2.45) is 0 Å². The summed E-state index contributed by atoms with van der Waals surface area (Å²) in [4.78, 5) is 14.1. The molecule has 1 N–H and O–H groups in total. The summed E-state index contributed by atoms with van der Waals surface area (Å²) >= 11 is 3.41. The van der Waals surface area contributed by atoms with Crippen LogP contribution in [0.3, 0.4) is 0 Å². The van der Waals surface area contributed by atoms with E-state index in [2.05, 4.69) is 9.88 Å². The molecule has 0 spiro atoms. The predicted molar refractivity (Wildman–Crippen MR) is 122 cm³/mol. The topological polar surface area (TPSA) is 58.5 Å². The molecule has 1 aliphatic rings. The lowest BCUT2D eigenvalue weighted by atomic mass is 9.96. The van der Waals surface area contributed by atoms with Gasteiger partial charge in [0, 0.05) is 35.5 Å². The summed E-state index contributed by atoms with van der Waals surface area (Å²) in [7, 11) is 0. The standard InChI is InChI=1S/C23H29N3O2S2/c1-17-21(9-14-28-19-7-4-3-5-8-19)30-22(25-17)23(27)10-6-12-26(13-11-23)16-20-15-24-18(2)29-20/h3-5,7-8,15,27H,6,9-14,16H2,1-2H3. The van der Waals surface area contributed by atoms with Gasteiger partial charge >= 0.3 is 0 Å². The second kappa shape index (κ2) is 9.56. The maximum Gasteiger partial charge on any atom is 0.125 e. The molecule has 0 radical (unpaired) electrons. The molecule has 7 heteroatoms. The SMILES string of the molecule is Cc1ncc(CN2CCCC(O)(c3nc(C)c(CCOc4ccccc4)s3)CC2)s1. The number of aryl methyl sites for hydroxylation is 2. The molecule has 1 atom stereocenters. The third kappa shape index (κ3) is 5.27. The molecule has 1 aromatic carbocycles. The van der Waals surface area contributed by atoms with Gasteiger partial charge in [-0.05, 0) is 51.8 Å². The van der Waals surface area contributed by atoms with Crippen molar-refractivity contribution in [3.63, 3.8) is 0 Å². The van der Waals surface area contributed by atoms with Crippen molar-refractivity contribution in [3.8, 4) is 5.75 Å². The van der Waals surface area contributed by atoms with E-state index in [0.29, 0.717) is 6.61 Å². The number of hydrogen-bond donors (Lipinski definition) is 1. The first-order valence-corrected chi connectivity index (χ1v) is 12.2. The maximum atomic E-state index is 11.4. The molecule has 2 aromatic heterocycles. The van der Waals surface area contributed by atoms with Crippen molar-refractivity contribution in [1.29, 1.82) is 0 Å². The first-order valence-electron chi connectivity index (χ1n) is 10.5. The first-order chi connectivity index (χ1) is 14.5. The van der Waals surface area contributed by atoms with E-state index >= 15 is 0 Å². The van der Waals surface area contributed by atoms with Gasteiger partial charge in [0.05, 0.1) is 17.3 Å². The van der Waals surface area contributed by atoms with Crippen LogP contribution in [0, 0.1) is 13.8 Å². The van der Waals surface area contributed by atoms with Crippen LogP contribution in [0.25, 0.3) is 0 Å². The van der Waals surface area contributed by atoms with Crippen molar-refractivity contribution in [2.75, 3.05) is 19.7 Å². The number of hydrogen-bond acceptors (Lipinski definition) is 7. The monoisotopic (exact) mass is 443 g/mol. The zero-order valence-corrected chi connectivity index (χ0v) is 19.3. The summed E-state index contributed by atoms with van der Waals surface area (Å²) in [6.07, 6.45) is 5.24. The predicted octanol–water partition coefficient (Wildman–Crippen LogP) is 4.71. The van der Waals surface area contributed by atoms with Crippen LogP contribution >= 0.6 is 22.7 Å². The average Bonchev–Trinajstić information content (AvgIpc) is 3.26. The van der Waals surface area contributed by atoms with E-state index in [-0.39, 0.29) is 0 Å². The summed E-state index contributed by atoms with van der Waals surface area (Å²) in [6, 6.07) is 9.88. The summed E-state index contributed by atoms with van der Waals surface area (Å²) in [6.45, 7) is 7.49. The largest absolute Gasteiger partial charge is 0.493 e. The fraction of sp³-hybridized carbons (Fsp3) is 0.478. The molecule has 3 aromatic rings. The fourth-order valence-electron chi connectivity index (χ4n) is 3.88. The minimum absolute atomic E-state index is 0.618. The molecule has 5 nitrogen and oxygen atoms in total. The molecule has 1 fully saturated rings. The third-order valence-electron chi connectivity index (χ3n) is 5.59. The number of thiazole rings is 2. The van der Waals surface area contributed by atoms with Gasteiger partial charge in [0.1, 0.15) is 16.4 Å². The normalized spacial score (nSPS) is 20.2. The van der Waals surface area contributed by atoms with Crippen LogP contribution < -0.4 is 4.74 Å². The number of ether oxygens (including phenoxy) is 1. The zero-order valence-electron chi connectivity index (χ0n) is 17.6. The van der Waals surface area contributed by atoms with E-state index in [4.69, 9.17) is 9.72 Å². The summed E-state index contributed by atoms with van der Waals surface area (Å²) in [5, 5.41) is 13.4. The van der Waals surface area contributed by atoms with Crippen LogP contribution in [-0.2, 0) is 18.6 Å². The lowest BCUT2D eigenvalue weighted by molar-refractivity contribution is 0.0207. The van der Waals surface area contributed by atoms with E-state index in [1.165, 1.54) is 9.75 Å². The molecule has 0 bridgehead atoms. The van der Waals surface area contributed by atoms with E-state index in [9.17, 15) is 5.11 Å². The molecule has 0 saturated carbocycles. The van der Waals surface area contributed by atoms with Gasteiger partial charge in [-0.2, -0.15) is 0 Å². The Kier molecular flexibility index (Phi) is 6.83. The summed E-state index contributed by atoms with van der Waals surface area (Å²) in [5.41, 5.74) is 0.188. The maximum absolute atomic E-state index is 11.4.